The zero-order valence-electron chi connectivity index (χ0n) is 13.2. The second-order valence-corrected chi connectivity index (χ2v) is 6.10. The third-order valence-corrected chi connectivity index (χ3v) is 4.36. The van der Waals surface area contributed by atoms with E-state index >= 15 is 0 Å². The quantitative estimate of drug-likeness (QED) is 0.764. The number of aromatic amines is 1. The number of benzene rings is 1. The van der Waals surface area contributed by atoms with Crippen molar-refractivity contribution in [1.29, 1.82) is 0 Å². The number of amides is 1. The van der Waals surface area contributed by atoms with Gasteiger partial charge < -0.3 is 14.9 Å². The van der Waals surface area contributed by atoms with Crippen LogP contribution >= 0.6 is 0 Å². The van der Waals surface area contributed by atoms with Gasteiger partial charge in [-0.2, -0.15) is 0 Å². The first-order valence-electron chi connectivity index (χ1n) is 7.93. The van der Waals surface area contributed by atoms with Crippen molar-refractivity contribution in [1.82, 2.24) is 25.1 Å². The molecule has 1 saturated carbocycles. The summed E-state index contributed by atoms with van der Waals surface area (Å²) in [5.41, 5.74) is 1.56. The van der Waals surface area contributed by atoms with E-state index in [0.29, 0.717) is 17.3 Å². The van der Waals surface area contributed by atoms with Crippen LogP contribution < -0.4 is 10.7 Å². The standard InChI is InChI=1S/C17H17N5O2/c1-10-3-2-4-12-15(10)18-7-13(16(12)23)17(24)19-8-14-21-20-9-22(14)11-5-6-11/h2-4,7,9,11H,5-6,8H2,1H3,(H,18,23)(H,19,24). The fraction of sp³-hybridized carbons (Fsp3) is 0.294. The monoisotopic (exact) mass is 323 g/mol. The lowest BCUT2D eigenvalue weighted by Gasteiger charge is -2.08. The molecular weight excluding hydrogens is 306 g/mol. The van der Waals surface area contributed by atoms with Gasteiger partial charge in [-0.3, -0.25) is 9.59 Å². The van der Waals surface area contributed by atoms with Crippen molar-refractivity contribution in [2.75, 3.05) is 0 Å². The summed E-state index contributed by atoms with van der Waals surface area (Å²) < 4.78 is 1.98. The first kappa shape index (κ1) is 14.6. The average molecular weight is 323 g/mol. The van der Waals surface area contributed by atoms with Crippen molar-refractivity contribution in [2.45, 2.75) is 32.4 Å². The summed E-state index contributed by atoms with van der Waals surface area (Å²) in [5, 5.41) is 11.2. The largest absolute Gasteiger partial charge is 0.360 e. The van der Waals surface area contributed by atoms with Gasteiger partial charge in [0, 0.05) is 17.6 Å². The number of nitrogens with one attached hydrogen (secondary N) is 2. The van der Waals surface area contributed by atoms with Crippen LogP contribution in [0.1, 0.15) is 40.6 Å². The molecule has 2 heterocycles. The number of pyridine rings is 1. The van der Waals surface area contributed by atoms with Crippen molar-refractivity contribution in [3.8, 4) is 0 Å². The van der Waals surface area contributed by atoms with Crippen molar-refractivity contribution in [2.24, 2.45) is 0 Å². The number of carbonyl (C=O) groups excluding carboxylic acids is 1. The summed E-state index contributed by atoms with van der Waals surface area (Å²) in [6, 6.07) is 5.90. The van der Waals surface area contributed by atoms with Crippen LogP contribution in [0.4, 0.5) is 0 Å². The Kier molecular flexibility index (Phi) is 3.41. The smallest absolute Gasteiger partial charge is 0.257 e. The molecule has 0 aliphatic heterocycles. The molecule has 1 aromatic carbocycles. The van der Waals surface area contributed by atoms with Gasteiger partial charge in [-0.25, -0.2) is 0 Å². The molecule has 1 aliphatic rings. The maximum absolute atomic E-state index is 12.6. The fourth-order valence-corrected chi connectivity index (χ4v) is 2.88. The predicted molar refractivity (Wildman–Crippen MR) is 88.8 cm³/mol. The second kappa shape index (κ2) is 5.59. The molecule has 7 heteroatoms. The van der Waals surface area contributed by atoms with Crippen LogP contribution in [0, 0.1) is 6.92 Å². The van der Waals surface area contributed by atoms with Gasteiger partial charge >= 0.3 is 0 Å². The van der Waals surface area contributed by atoms with E-state index < -0.39 is 5.91 Å². The van der Waals surface area contributed by atoms with Crippen LogP contribution in [0.15, 0.2) is 35.5 Å². The molecule has 1 fully saturated rings. The van der Waals surface area contributed by atoms with Crippen LogP contribution in [-0.4, -0.2) is 25.7 Å². The number of aromatic nitrogens is 4. The number of para-hydroxylation sites is 1. The molecule has 0 spiro atoms. The van der Waals surface area contributed by atoms with Gasteiger partial charge in [-0.05, 0) is 31.4 Å². The third-order valence-electron chi connectivity index (χ3n) is 4.36. The van der Waals surface area contributed by atoms with E-state index in [9.17, 15) is 9.59 Å². The Morgan fingerprint density at radius 2 is 2.25 bits per heavy atom. The van der Waals surface area contributed by atoms with E-state index in [4.69, 9.17) is 0 Å². The molecule has 0 atom stereocenters. The summed E-state index contributed by atoms with van der Waals surface area (Å²) >= 11 is 0. The molecule has 1 amide bonds. The summed E-state index contributed by atoms with van der Waals surface area (Å²) in [6.45, 7) is 2.17. The predicted octanol–water partition coefficient (Wildman–Crippen LogP) is 1.69. The third kappa shape index (κ3) is 2.47. The summed E-state index contributed by atoms with van der Waals surface area (Å²) in [6.07, 6.45) is 5.38. The minimum atomic E-state index is -0.412. The molecule has 4 rings (SSSR count). The fourth-order valence-electron chi connectivity index (χ4n) is 2.88. The number of aryl methyl sites for hydroxylation is 1. The van der Waals surface area contributed by atoms with Crippen molar-refractivity contribution in [3.05, 3.63) is 57.9 Å². The van der Waals surface area contributed by atoms with Gasteiger partial charge in [-0.1, -0.05) is 12.1 Å². The SMILES string of the molecule is Cc1cccc2c(=O)c(C(=O)NCc3nncn3C3CC3)c[nH]c12. The lowest BCUT2D eigenvalue weighted by atomic mass is 10.1. The highest BCUT2D eigenvalue weighted by atomic mass is 16.2. The van der Waals surface area contributed by atoms with Crippen LogP contribution in [0.3, 0.4) is 0 Å². The number of H-pyrrole nitrogens is 1. The van der Waals surface area contributed by atoms with Crippen molar-refractivity contribution in [3.63, 3.8) is 0 Å². The Morgan fingerprint density at radius 3 is 3.04 bits per heavy atom. The first-order chi connectivity index (χ1) is 11.6. The zero-order chi connectivity index (χ0) is 16.7. The Labute approximate surface area is 137 Å². The van der Waals surface area contributed by atoms with E-state index in [0.717, 1.165) is 23.9 Å². The highest BCUT2D eigenvalue weighted by Crippen LogP contribution is 2.35. The summed E-state index contributed by atoms with van der Waals surface area (Å²) in [5.74, 6) is 0.295. The number of rotatable bonds is 4. The lowest BCUT2D eigenvalue weighted by molar-refractivity contribution is 0.0948. The van der Waals surface area contributed by atoms with Crippen LogP contribution in [0.2, 0.25) is 0 Å². The Hall–Kier alpha value is -2.96. The molecule has 0 radical (unpaired) electrons. The molecule has 0 unspecified atom stereocenters. The molecular formula is C17H17N5O2. The van der Waals surface area contributed by atoms with Crippen LogP contribution in [-0.2, 0) is 6.54 Å². The molecule has 122 valence electrons. The van der Waals surface area contributed by atoms with Gasteiger partial charge in [0.15, 0.2) is 5.82 Å². The van der Waals surface area contributed by atoms with E-state index in [1.807, 2.05) is 23.6 Å². The maximum Gasteiger partial charge on any atom is 0.257 e. The Balaban J connectivity index is 1.58. The zero-order valence-corrected chi connectivity index (χ0v) is 13.2. The van der Waals surface area contributed by atoms with Gasteiger partial charge in [0.05, 0.1) is 12.1 Å². The van der Waals surface area contributed by atoms with Gasteiger partial charge in [-0.15, -0.1) is 10.2 Å². The Morgan fingerprint density at radius 1 is 1.42 bits per heavy atom. The van der Waals surface area contributed by atoms with Crippen molar-refractivity contribution < 1.29 is 4.79 Å². The normalized spacial score (nSPS) is 14.0. The van der Waals surface area contributed by atoms with Gasteiger partial charge in [0.25, 0.3) is 5.91 Å². The maximum atomic E-state index is 12.6. The minimum absolute atomic E-state index is 0.102. The number of carbonyl (C=O) groups is 1. The summed E-state index contributed by atoms with van der Waals surface area (Å²) in [7, 11) is 0. The minimum Gasteiger partial charge on any atom is -0.360 e. The van der Waals surface area contributed by atoms with E-state index in [2.05, 4.69) is 20.5 Å². The number of fused-ring (bicyclic) bond motifs is 1. The average Bonchev–Trinajstić information content (AvgIpc) is 3.32. The molecule has 0 bridgehead atoms. The highest BCUT2D eigenvalue weighted by Gasteiger charge is 2.26. The molecule has 1 aliphatic carbocycles. The van der Waals surface area contributed by atoms with E-state index in [1.54, 1.807) is 12.4 Å². The second-order valence-electron chi connectivity index (χ2n) is 6.10. The van der Waals surface area contributed by atoms with Crippen molar-refractivity contribution >= 4 is 16.8 Å². The molecule has 2 N–H and O–H groups in total. The molecule has 2 aromatic heterocycles. The molecule has 24 heavy (non-hydrogen) atoms. The van der Waals surface area contributed by atoms with E-state index in [1.165, 1.54) is 6.20 Å². The number of nitrogens with zero attached hydrogens (tertiary/aromatic N) is 3. The first-order valence-corrected chi connectivity index (χ1v) is 7.93. The van der Waals surface area contributed by atoms with Gasteiger partial charge in [0.2, 0.25) is 5.43 Å². The Bertz CT molecular complexity index is 984. The molecule has 3 aromatic rings. The molecule has 7 nitrogen and oxygen atoms in total. The number of hydrogen-bond acceptors (Lipinski definition) is 4. The molecule has 0 saturated heterocycles. The van der Waals surface area contributed by atoms with Gasteiger partial charge in [0.1, 0.15) is 11.9 Å². The van der Waals surface area contributed by atoms with E-state index in [-0.39, 0.29) is 17.5 Å². The highest BCUT2D eigenvalue weighted by molar-refractivity contribution is 5.97. The topological polar surface area (TPSA) is 92.7 Å². The lowest BCUT2D eigenvalue weighted by Crippen LogP contribution is -2.29. The van der Waals surface area contributed by atoms with Crippen LogP contribution in [0.5, 0.6) is 0 Å². The number of hydrogen-bond donors (Lipinski definition) is 2. The summed E-state index contributed by atoms with van der Waals surface area (Å²) in [4.78, 5) is 28.0. The van der Waals surface area contributed by atoms with Crippen LogP contribution in [0.25, 0.3) is 10.9 Å².